The fraction of sp³-hybridized carbons (Fsp3) is 0.412. The summed E-state index contributed by atoms with van der Waals surface area (Å²) in [6.45, 7) is 6.87. The van der Waals surface area contributed by atoms with Gasteiger partial charge in [-0.15, -0.1) is 0 Å². The van der Waals surface area contributed by atoms with Gasteiger partial charge in [0.1, 0.15) is 5.75 Å². The molecule has 0 atom stereocenters. The molecule has 1 aromatic carbocycles. The molecule has 1 nitrogen and oxygen atoms in total. The lowest BCUT2D eigenvalue weighted by Gasteiger charge is -2.32. The van der Waals surface area contributed by atoms with Crippen LogP contribution in [0.3, 0.4) is 0 Å². The van der Waals surface area contributed by atoms with E-state index < -0.39 is 0 Å². The van der Waals surface area contributed by atoms with Crippen molar-refractivity contribution in [2.45, 2.75) is 40.0 Å². The van der Waals surface area contributed by atoms with Gasteiger partial charge < -0.3 is 5.11 Å². The van der Waals surface area contributed by atoms with E-state index in [2.05, 4.69) is 32.9 Å². The highest BCUT2D eigenvalue weighted by atomic mass is 16.3. The Balaban J connectivity index is 2.27. The van der Waals surface area contributed by atoms with Crippen LogP contribution in [0.15, 0.2) is 41.5 Å². The summed E-state index contributed by atoms with van der Waals surface area (Å²) in [4.78, 5) is 0. The van der Waals surface area contributed by atoms with Crippen molar-refractivity contribution >= 4 is 6.08 Å². The van der Waals surface area contributed by atoms with Gasteiger partial charge in [0, 0.05) is 0 Å². The summed E-state index contributed by atoms with van der Waals surface area (Å²) in [7, 11) is 0. The number of rotatable bonds is 2. The minimum absolute atomic E-state index is 0.273. The van der Waals surface area contributed by atoms with Crippen LogP contribution in [0, 0.1) is 5.41 Å². The molecular weight excluding hydrogens is 220 g/mol. The Kier molecular flexibility index (Phi) is 3.60. The summed E-state index contributed by atoms with van der Waals surface area (Å²) >= 11 is 0. The first-order valence-corrected chi connectivity index (χ1v) is 6.66. The first-order valence-electron chi connectivity index (χ1n) is 6.66. The lowest BCUT2D eigenvalue weighted by atomic mass is 9.72. The van der Waals surface area contributed by atoms with E-state index in [9.17, 15) is 5.11 Å². The van der Waals surface area contributed by atoms with E-state index in [0.29, 0.717) is 5.75 Å². The van der Waals surface area contributed by atoms with E-state index in [0.717, 1.165) is 5.56 Å². The van der Waals surface area contributed by atoms with Crippen LogP contribution in [0.2, 0.25) is 0 Å². The molecule has 0 unspecified atom stereocenters. The van der Waals surface area contributed by atoms with Crippen LogP contribution in [0.5, 0.6) is 5.75 Å². The van der Waals surface area contributed by atoms with Gasteiger partial charge in [-0.1, -0.05) is 43.7 Å². The van der Waals surface area contributed by atoms with Gasteiger partial charge in [0.25, 0.3) is 0 Å². The van der Waals surface area contributed by atoms with Crippen molar-refractivity contribution in [1.82, 2.24) is 0 Å². The molecule has 0 amide bonds. The van der Waals surface area contributed by atoms with Crippen LogP contribution >= 0.6 is 0 Å². The fourth-order valence-electron chi connectivity index (χ4n) is 2.82. The lowest BCUT2D eigenvalue weighted by Crippen LogP contribution is -2.18. The Bertz CT molecular complexity index is 492. The predicted octanol–water partition coefficient (Wildman–Crippen LogP) is 4.93. The Morgan fingerprint density at radius 2 is 2.00 bits per heavy atom. The van der Waals surface area contributed by atoms with Crippen molar-refractivity contribution in [3.05, 3.63) is 47.1 Å². The van der Waals surface area contributed by atoms with Gasteiger partial charge in [-0.05, 0) is 54.9 Å². The highest BCUT2D eigenvalue weighted by molar-refractivity contribution is 5.56. The molecule has 0 saturated heterocycles. The van der Waals surface area contributed by atoms with Crippen LogP contribution in [0.4, 0.5) is 0 Å². The van der Waals surface area contributed by atoms with Crippen molar-refractivity contribution in [2.75, 3.05) is 0 Å². The third-order valence-electron chi connectivity index (χ3n) is 3.86. The molecule has 1 N–H and O–H groups in total. The summed E-state index contributed by atoms with van der Waals surface area (Å²) in [6.07, 6.45) is 8.09. The molecule has 0 spiro atoms. The maximum Gasteiger partial charge on any atom is 0.116 e. The van der Waals surface area contributed by atoms with Crippen molar-refractivity contribution in [3.8, 4) is 5.75 Å². The number of phenolic OH excluding ortho intramolecular Hbond substituents is 1. The van der Waals surface area contributed by atoms with Gasteiger partial charge >= 0.3 is 0 Å². The van der Waals surface area contributed by atoms with Gasteiger partial charge in [-0.3, -0.25) is 0 Å². The Labute approximate surface area is 110 Å². The fourth-order valence-corrected chi connectivity index (χ4v) is 2.82. The summed E-state index contributed by atoms with van der Waals surface area (Å²) in [6, 6.07) is 7.39. The van der Waals surface area contributed by atoms with Crippen LogP contribution in [-0.2, 0) is 0 Å². The smallest absolute Gasteiger partial charge is 0.116 e. The maximum absolute atomic E-state index is 9.46. The van der Waals surface area contributed by atoms with Crippen molar-refractivity contribution in [2.24, 2.45) is 5.41 Å². The normalized spacial score (nSPS) is 19.5. The number of allylic oxidation sites excluding steroid dienone is 3. The third-order valence-corrected chi connectivity index (χ3v) is 3.86. The number of aromatic hydroxyl groups is 1. The van der Waals surface area contributed by atoms with Crippen LogP contribution in [-0.4, -0.2) is 5.11 Å². The van der Waals surface area contributed by atoms with Gasteiger partial charge in [0.05, 0.1) is 0 Å². The molecule has 0 heterocycles. The van der Waals surface area contributed by atoms with Crippen LogP contribution in [0.1, 0.15) is 45.6 Å². The van der Waals surface area contributed by atoms with E-state index in [4.69, 9.17) is 0 Å². The highest BCUT2D eigenvalue weighted by Gasteiger charge is 2.26. The van der Waals surface area contributed by atoms with Gasteiger partial charge in [0.15, 0.2) is 0 Å². The molecule has 0 aliphatic heterocycles. The van der Waals surface area contributed by atoms with E-state index in [-0.39, 0.29) is 5.41 Å². The zero-order chi connectivity index (χ0) is 13.2. The minimum atomic E-state index is 0.273. The second kappa shape index (κ2) is 5.01. The molecule has 0 bridgehead atoms. The first kappa shape index (κ1) is 12.9. The average molecular weight is 242 g/mol. The highest BCUT2D eigenvalue weighted by Crippen LogP contribution is 2.40. The molecule has 0 aromatic heterocycles. The van der Waals surface area contributed by atoms with Crippen LogP contribution < -0.4 is 0 Å². The molecule has 0 saturated carbocycles. The summed E-state index contributed by atoms with van der Waals surface area (Å²) < 4.78 is 0. The average Bonchev–Trinajstić information content (AvgIpc) is 2.27. The third kappa shape index (κ3) is 2.84. The largest absolute Gasteiger partial charge is 0.508 e. The maximum atomic E-state index is 9.46. The number of hydrogen-bond donors (Lipinski definition) is 1. The molecule has 18 heavy (non-hydrogen) atoms. The van der Waals surface area contributed by atoms with Crippen molar-refractivity contribution in [3.63, 3.8) is 0 Å². The quantitative estimate of drug-likeness (QED) is 0.779. The molecular formula is C17H22O. The topological polar surface area (TPSA) is 20.2 Å². The van der Waals surface area contributed by atoms with E-state index in [1.54, 1.807) is 12.1 Å². The predicted molar refractivity (Wildman–Crippen MR) is 77.5 cm³/mol. The van der Waals surface area contributed by atoms with Crippen molar-refractivity contribution in [1.29, 1.82) is 0 Å². The molecule has 2 rings (SSSR count). The standard InChI is InChI=1S/C17H22O/c1-13-6-5-11-17(2,3)16(13)10-9-14-7-4-8-15(18)12-14/h4,7-10,12,18H,5-6,11H2,1-3H3. The zero-order valence-corrected chi connectivity index (χ0v) is 11.5. The van der Waals surface area contributed by atoms with E-state index in [1.165, 1.54) is 30.4 Å². The molecule has 1 heteroatoms. The molecule has 1 aliphatic rings. The van der Waals surface area contributed by atoms with E-state index in [1.807, 2.05) is 12.1 Å². The Hall–Kier alpha value is -1.50. The second-order valence-corrected chi connectivity index (χ2v) is 5.86. The van der Waals surface area contributed by atoms with E-state index >= 15 is 0 Å². The SMILES string of the molecule is CC1=C(C=Cc2cccc(O)c2)C(C)(C)CCC1. The summed E-state index contributed by atoms with van der Waals surface area (Å²) in [5, 5.41) is 9.46. The summed E-state index contributed by atoms with van der Waals surface area (Å²) in [5.74, 6) is 0.325. The van der Waals surface area contributed by atoms with Crippen LogP contribution in [0.25, 0.3) is 6.08 Å². The molecule has 0 radical (unpaired) electrons. The van der Waals surface area contributed by atoms with Gasteiger partial charge in [-0.25, -0.2) is 0 Å². The number of benzene rings is 1. The number of phenols is 1. The monoisotopic (exact) mass is 242 g/mol. The molecule has 1 aromatic rings. The lowest BCUT2D eigenvalue weighted by molar-refractivity contribution is 0.377. The minimum Gasteiger partial charge on any atom is -0.508 e. The summed E-state index contributed by atoms with van der Waals surface area (Å²) in [5.41, 5.74) is 4.28. The second-order valence-electron chi connectivity index (χ2n) is 5.86. The Morgan fingerprint density at radius 3 is 2.67 bits per heavy atom. The number of hydrogen-bond acceptors (Lipinski definition) is 1. The molecule has 0 fully saturated rings. The van der Waals surface area contributed by atoms with Crippen molar-refractivity contribution < 1.29 is 5.11 Å². The Morgan fingerprint density at radius 1 is 1.22 bits per heavy atom. The van der Waals surface area contributed by atoms with Gasteiger partial charge in [0.2, 0.25) is 0 Å². The first-order chi connectivity index (χ1) is 8.49. The molecule has 1 aliphatic carbocycles. The molecule has 96 valence electrons. The zero-order valence-electron chi connectivity index (χ0n) is 11.5. The van der Waals surface area contributed by atoms with Gasteiger partial charge in [-0.2, -0.15) is 0 Å².